The summed E-state index contributed by atoms with van der Waals surface area (Å²) in [6.45, 7) is 3.03. The third kappa shape index (κ3) is 4.33. The molecule has 0 aliphatic carbocycles. The van der Waals surface area contributed by atoms with E-state index < -0.39 is 0 Å². The van der Waals surface area contributed by atoms with Crippen molar-refractivity contribution in [2.45, 2.75) is 19.3 Å². The van der Waals surface area contributed by atoms with Crippen molar-refractivity contribution in [3.63, 3.8) is 0 Å². The number of aryl methyl sites for hydroxylation is 1. The van der Waals surface area contributed by atoms with E-state index in [0.29, 0.717) is 46.4 Å². The van der Waals surface area contributed by atoms with Crippen LogP contribution < -0.4 is 5.32 Å². The van der Waals surface area contributed by atoms with Crippen LogP contribution in [0.25, 0.3) is 0 Å². The third-order valence-corrected chi connectivity index (χ3v) is 5.46. The average Bonchev–Trinajstić information content (AvgIpc) is 3.25. The summed E-state index contributed by atoms with van der Waals surface area (Å²) in [7, 11) is 0. The van der Waals surface area contributed by atoms with Gasteiger partial charge >= 0.3 is 0 Å². The maximum atomic E-state index is 12.7. The molecule has 2 aromatic carbocycles. The van der Waals surface area contributed by atoms with Crippen LogP contribution in [0.2, 0.25) is 5.02 Å². The minimum atomic E-state index is -0.270. The Bertz CT molecular complexity index is 1070. The van der Waals surface area contributed by atoms with Gasteiger partial charge in [0.25, 0.3) is 11.8 Å². The van der Waals surface area contributed by atoms with Gasteiger partial charge in [-0.25, -0.2) is 9.97 Å². The summed E-state index contributed by atoms with van der Waals surface area (Å²) in [5.41, 5.74) is 2.37. The molecule has 4 rings (SSSR count). The molecule has 7 heteroatoms. The minimum absolute atomic E-state index is 0.0220. The van der Waals surface area contributed by atoms with Crippen LogP contribution in [0.5, 0.6) is 0 Å². The van der Waals surface area contributed by atoms with Gasteiger partial charge in [0.15, 0.2) is 0 Å². The lowest BCUT2D eigenvalue weighted by atomic mass is 10.1. The van der Waals surface area contributed by atoms with E-state index in [2.05, 4.69) is 15.3 Å². The van der Waals surface area contributed by atoms with Crippen molar-refractivity contribution in [2.24, 2.45) is 0 Å². The zero-order valence-electron chi connectivity index (χ0n) is 16.5. The van der Waals surface area contributed by atoms with E-state index in [9.17, 15) is 9.59 Å². The molecule has 2 heterocycles. The number of hydrogen-bond donors (Lipinski definition) is 1. The Morgan fingerprint density at radius 3 is 2.53 bits per heavy atom. The Hall–Kier alpha value is -3.25. The van der Waals surface area contributed by atoms with Gasteiger partial charge in [-0.2, -0.15) is 0 Å². The molecule has 1 aliphatic rings. The zero-order valence-corrected chi connectivity index (χ0v) is 17.3. The number of aromatic nitrogens is 2. The standard InChI is InChI=1S/C23H21ClN4O2/c1-15-20(22(29)27-19-9-7-18(24)8-10-19)13-25-21(26-15)17-11-12-28(14-17)23(30)16-5-3-2-4-6-16/h2-10,13,17H,11-12,14H2,1H3,(H,27,29)/t17-/m1/s1. The molecule has 2 amide bonds. The predicted octanol–water partition coefficient (Wildman–Crippen LogP) is 4.32. The lowest BCUT2D eigenvalue weighted by Gasteiger charge is -2.16. The fraction of sp³-hybridized carbons (Fsp3) is 0.217. The first-order valence-corrected chi connectivity index (χ1v) is 10.1. The monoisotopic (exact) mass is 420 g/mol. The van der Waals surface area contributed by atoms with Crippen LogP contribution >= 0.6 is 11.6 Å². The molecule has 0 saturated carbocycles. The van der Waals surface area contributed by atoms with Crippen LogP contribution in [0.4, 0.5) is 5.69 Å². The van der Waals surface area contributed by atoms with Gasteiger partial charge in [-0.1, -0.05) is 29.8 Å². The van der Waals surface area contributed by atoms with E-state index >= 15 is 0 Å². The highest BCUT2D eigenvalue weighted by Crippen LogP contribution is 2.26. The molecule has 0 radical (unpaired) electrons. The summed E-state index contributed by atoms with van der Waals surface area (Å²) in [6, 6.07) is 16.2. The lowest BCUT2D eigenvalue weighted by molar-refractivity contribution is 0.0790. The second kappa shape index (κ2) is 8.63. The van der Waals surface area contributed by atoms with E-state index in [1.807, 2.05) is 35.2 Å². The van der Waals surface area contributed by atoms with Crippen LogP contribution in [0.1, 0.15) is 44.6 Å². The molecule has 3 aromatic rings. The van der Waals surface area contributed by atoms with Gasteiger partial charge in [0.05, 0.1) is 11.3 Å². The van der Waals surface area contributed by atoms with Gasteiger partial charge in [-0.15, -0.1) is 0 Å². The number of nitrogens with zero attached hydrogens (tertiary/aromatic N) is 3. The summed E-state index contributed by atoms with van der Waals surface area (Å²) >= 11 is 5.88. The quantitative estimate of drug-likeness (QED) is 0.682. The molecule has 1 atom stereocenters. The molecule has 1 fully saturated rings. The third-order valence-electron chi connectivity index (χ3n) is 5.21. The van der Waals surface area contributed by atoms with Crippen LogP contribution in [0.15, 0.2) is 60.8 Å². The van der Waals surface area contributed by atoms with E-state index in [-0.39, 0.29) is 17.7 Å². The molecule has 30 heavy (non-hydrogen) atoms. The number of carbonyl (C=O) groups is 2. The molecule has 1 aliphatic heterocycles. The van der Waals surface area contributed by atoms with Gasteiger partial charge in [0.1, 0.15) is 5.82 Å². The lowest BCUT2D eigenvalue weighted by Crippen LogP contribution is -2.28. The van der Waals surface area contributed by atoms with Crippen molar-refractivity contribution in [2.75, 3.05) is 18.4 Å². The first kappa shape index (κ1) is 20.0. The number of carbonyl (C=O) groups excluding carboxylic acids is 2. The maximum absolute atomic E-state index is 12.7. The molecule has 0 spiro atoms. The fourth-order valence-corrected chi connectivity index (χ4v) is 3.68. The number of hydrogen-bond acceptors (Lipinski definition) is 4. The summed E-state index contributed by atoms with van der Waals surface area (Å²) < 4.78 is 0. The number of nitrogens with one attached hydrogen (secondary N) is 1. The number of likely N-dealkylation sites (tertiary alicyclic amines) is 1. The number of anilines is 1. The van der Waals surface area contributed by atoms with Crippen molar-refractivity contribution < 1.29 is 9.59 Å². The van der Waals surface area contributed by atoms with E-state index in [0.717, 1.165) is 6.42 Å². The van der Waals surface area contributed by atoms with Gasteiger partial charge in [-0.3, -0.25) is 9.59 Å². The Labute approximate surface area is 179 Å². The van der Waals surface area contributed by atoms with Gasteiger partial charge in [-0.05, 0) is 49.7 Å². The van der Waals surface area contributed by atoms with Crippen molar-refractivity contribution in [3.8, 4) is 0 Å². The van der Waals surface area contributed by atoms with E-state index in [4.69, 9.17) is 11.6 Å². The minimum Gasteiger partial charge on any atom is -0.338 e. The molecule has 1 N–H and O–H groups in total. The molecular weight excluding hydrogens is 400 g/mol. The molecule has 1 saturated heterocycles. The van der Waals surface area contributed by atoms with Crippen molar-refractivity contribution in [3.05, 3.63) is 88.5 Å². The molecule has 1 aromatic heterocycles. The normalized spacial score (nSPS) is 15.8. The molecule has 0 bridgehead atoms. The van der Waals surface area contributed by atoms with Crippen LogP contribution in [0.3, 0.4) is 0 Å². The first-order chi connectivity index (χ1) is 14.5. The van der Waals surface area contributed by atoms with Gasteiger partial charge in [0, 0.05) is 41.5 Å². The topological polar surface area (TPSA) is 75.2 Å². The molecular formula is C23H21ClN4O2. The highest BCUT2D eigenvalue weighted by atomic mass is 35.5. The van der Waals surface area contributed by atoms with Gasteiger partial charge in [0.2, 0.25) is 0 Å². The fourth-order valence-electron chi connectivity index (χ4n) is 3.56. The van der Waals surface area contributed by atoms with E-state index in [1.54, 1.807) is 37.4 Å². The largest absolute Gasteiger partial charge is 0.338 e. The summed E-state index contributed by atoms with van der Waals surface area (Å²) in [6.07, 6.45) is 2.36. The van der Waals surface area contributed by atoms with E-state index in [1.165, 1.54) is 0 Å². The Kier molecular flexibility index (Phi) is 5.77. The molecule has 0 unspecified atom stereocenters. The number of amides is 2. The molecule has 6 nitrogen and oxygen atoms in total. The highest BCUT2D eigenvalue weighted by Gasteiger charge is 2.30. The summed E-state index contributed by atoms with van der Waals surface area (Å²) in [5, 5.41) is 3.43. The van der Waals surface area contributed by atoms with Crippen molar-refractivity contribution >= 4 is 29.1 Å². The van der Waals surface area contributed by atoms with Crippen molar-refractivity contribution in [1.29, 1.82) is 0 Å². The van der Waals surface area contributed by atoms with Crippen LogP contribution in [0, 0.1) is 6.92 Å². The van der Waals surface area contributed by atoms with Crippen molar-refractivity contribution in [1.82, 2.24) is 14.9 Å². The Balaban J connectivity index is 1.44. The van der Waals surface area contributed by atoms with Crippen LogP contribution in [-0.2, 0) is 0 Å². The first-order valence-electron chi connectivity index (χ1n) is 9.76. The second-order valence-electron chi connectivity index (χ2n) is 7.29. The number of rotatable bonds is 4. The smallest absolute Gasteiger partial charge is 0.259 e. The summed E-state index contributed by atoms with van der Waals surface area (Å²) in [5.74, 6) is 0.478. The Morgan fingerprint density at radius 2 is 1.83 bits per heavy atom. The number of benzene rings is 2. The second-order valence-corrected chi connectivity index (χ2v) is 7.73. The average molecular weight is 421 g/mol. The number of halogens is 1. The SMILES string of the molecule is Cc1nc([C@@H]2CCN(C(=O)c3ccccc3)C2)ncc1C(=O)Nc1ccc(Cl)cc1. The maximum Gasteiger partial charge on any atom is 0.259 e. The Morgan fingerprint density at radius 1 is 1.10 bits per heavy atom. The van der Waals surface area contributed by atoms with Crippen LogP contribution in [-0.4, -0.2) is 39.8 Å². The van der Waals surface area contributed by atoms with Gasteiger partial charge < -0.3 is 10.2 Å². The predicted molar refractivity (Wildman–Crippen MR) is 116 cm³/mol. The summed E-state index contributed by atoms with van der Waals surface area (Å²) in [4.78, 5) is 36.1. The zero-order chi connectivity index (χ0) is 21.1. The molecule has 152 valence electrons. The highest BCUT2D eigenvalue weighted by molar-refractivity contribution is 6.30.